The minimum Gasteiger partial charge on any atom is -0.507 e. The second kappa shape index (κ2) is 9.76. The zero-order valence-electron chi connectivity index (χ0n) is 19.3. The van der Waals surface area contributed by atoms with Gasteiger partial charge >= 0.3 is 0 Å². The highest BCUT2D eigenvalue weighted by Gasteiger charge is 2.47. The number of carbonyl (C=O) groups excluding carboxylic acids is 2. The first kappa shape index (κ1) is 23.0. The Kier molecular flexibility index (Phi) is 6.80. The number of ether oxygens (including phenoxy) is 2. The van der Waals surface area contributed by atoms with Gasteiger partial charge in [-0.25, -0.2) is 0 Å². The molecule has 0 saturated carbocycles. The monoisotopic (exact) mass is 454 g/mol. The largest absolute Gasteiger partial charge is 0.507 e. The predicted molar refractivity (Wildman–Crippen MR) is 122 cm³/mol. The Morgan fingerprint density at radius 1 is 1.21 bits per heavy atom. The Labute approximate surface area is 193 Å². The maximum Gasteiger partial charge on any atom is 0.295 e. The number of aliphatic hydroxyl groups excluding tert-OH is 1. The number of aryl methyl sites for hydroxylation is 2. The van der Waals surface area contributed by atoms with Crippen LogP contribution in [0.5, 0.6) is 5.75 Å². The van der Waals surface area contributed by atoms with Crippen molar-refractivity contribution in [3.05, 3.63) is 52.4 Å². The number of benzene rings is 1. The lowest BCUT2D eigenvalue weighted by Gasteiger charge is -2.29. The lowest BCUT2D eigenvalue weighted by molar-refractivity contribution is -0.140. The summed E-state index contributed by atoms with van der Waals surface area (Å²) >= 11 is 0. The lowest BCUT2D eigenvalue weighted by Crippen LogP contribution is -2.39. The van der Waals surface area contributed by atoms with Crippen LogP contribution < -0.4 is 4.74 Å². The van der Waals surface area contributed by atoms with E-state index in [1.807, 2.05) is 18.2 Å². The van der Waals surface area contributed by atoms with Crippen molar-refractivity contribution < 1.29 is 24.2 Å². The number of aliphatic hydroxyl groups is 1. The number of amides is 1. The van der Waals surface area contributed by atoms with E-state index in [0.717, 1.165) is 19.6 Å². The summed E-state index contributed by atoms with van der Waals surface area (Å²) in [6.45, 7) is 7.81. The number of aromatic amines is 1. The quantitative estimate of drug-likeness (QED) is 0.375. The Balaban J connectivity index is 1.73. The molecule has 1 aromatic heterocycles. The van der Waals surface area contributed by atoms with E-state index in [1.165, 1.54) is 0 Å². The number of nitrogens with zero attached hydrogens (tertiary/aromatic N) is 3. The van der Waals surface area contributed by atoms with Crippen molar-refractivity contribution in [1.29, 1.82) is 0 Å². The van der Waals surface area contributed by atoms with Gasteiger partial charge in [-0.15, -0.1) is 0 Å². The van der Waals surface area contributed by atoms with Gasteiger partial charge in [0.15, 0.2) is 0 Å². The molecule has 2 fully saturated rings. The molecule has 0 aliphatic carbocycles. The molecule has 9 nitrogen and oxygen atoms in total. The third-order valence-electron chi connectivity index (χ3n) is 6.32. The van der Waals surface area contributed by atoms with Crippen molar-refractivity contribution in [3.63, 3.8) is 0 Å². The molecule has 0 spiro atoms. The van der Waals surface area contributed by atoms with Crippen LogP contribution in [0.1, 0.15) is 35.0 Å². The molecule has 1 atom stereocenters. The Bertz CT molecular complexity index is 1050. The molecule has 2 aromatic rings. The summed E-state index contributed by atoms with van der Waals surface area (Å²) in [5.74, 6) is -0.985. The summed E-state index contributed by atoms with van der Waals surface area (Å²) in [4.78, 5) is 30.2. The minimum atomic E-state index is -0.750. The average molecular weight is 455 g/mol. The number of para-hydroxylation sites is 1. The Hall–Kier alpha value is -3.17. The van der Waals surface area contributed by atoms with Crippen molar-refractivity contribution in [1.82, 2.24) is 20.0 Å². The number of aromatic nitrogens is 2. The molecule has 2 aliphatic rings. The van der Waals surface area contributed by atoms with Crippen LogP contribution in [-0.4, -0.2) is 83.3 Å². The second-order valence-electron chi connectivity index (χ2n) is 8.35. The van der Waals surface area contributed by atoms with E-state index in [0.29, 0.717) is 54.4 Å². The number of carbonyl (C=O) groups is 2. The van der Waals surface area contributed by atoms with Gasteiger partial charge in [-0.2, -0.15) is 5.10 Å². The predicted octanol–water partition coefficient (Wildman–Crippen LogP) is 2.18. The maximum absolute atomic E-state index is 13.2. The number of methoxy groups -OCH3 is 1. The lowest BCUT2D eigenvalue weighted by atomic mass is 9.94. The summed E-state index contributed by atoms with van der Waals surface area (Å²) in [6.07, 6.45) is 0.697. The van der Waals surface area contributed by atoms with Crippen LogP contribution in [0.4, 0.5) is 0 Å². The van der Waals surface area contributed by atoms with E-state index in [4.69, 9.17) is 9.47 Å². The van der Waals surface area contributed by atoms with Crippen LogP contribution in [0.25, 0.3) is 5.76 Å². The molecule has 2 N–H and O–H groups in total. The van der Waals surface area contributed by atoms with E-state index in [2.05, 4.69) is 15.1 Å². The standard InChI is InChI=1S/C24H30N4O5/c1-15-19(16(2)26-25-15)22(29)20-21(17-7-4-5-8-18(17)32-3)28(24(31)23(20)30)10-6-9-27-11-13-33-14-12-27/h4-5,7-8,21,29H,6,9-14H2,1-3H3,(H,25,26)/b22-20+/t21-/m0/s1. The van der Waals surface area contributed by atoms with Crippen molar-refractivity contribution in [2.75, 3.05) is 46.5 Å². The molecule has 1 amide bonds. The van der Waals surface area contributed by atoms with Gasteiger partial charge in [0.25, 0.3) is 11.7 Å². The van der Waals surface area contributed by atoms with Gasteiger partial charge in [-0.1, -0.05) is 18.2 Å². The molecular weight excluding hydrogens is 424 g/mol. The third kappa shape index (κ3) is 4.38. The van der Waals surface area contributed by atoms with Crippen LogP contribution in [0.2, 0.25) is 0 Å². The second-order valence-corrected chi connectivity index (χ2v) is 8.35. The van der Waals surface area contributed by atoms with Gasteiger partial charge in [-0.3, -0.25) is 19.6 Å². The van der Waals surface area contributed by atoms with Crippen LogP contribution >= 0.6 is 0 Å². The number of ketones is 1. The highest BCUT2D eigenvalue weighted by molar-refractivity contribution is 6.46. The van der Waals surface area contributed by atoms with Gasteiger partial charge in [0.1, 0.15) is 11.5 Å². The summed E-state index contributed by atoms with van der Waals surface area (Å²) < 4.78 is 10.9. The molecule has 176 valence electrons. The number of Topliss-reactive ketones (excluding diaryl/α,β-unsaturated/α-hetero) is 1. The fourth-order valence-electron chi connectivity index (χ4n) is 4.65. The molecule has 1 aromatic carbocycles. The van der Waals surface area contributed by atoms with E-state index in [9.17, 15) is 14.7 Å². The zero-order chi connectivity index (χ0) is 23.5. The summed E-state index contributed by atoms with van der Waals surface area (Å²) in [6, 6.07) is 6.53. The highest BCUT2D eigenvalue weighted by atomic mass is 16.5. The summed E-state index contributed by atoms with van der Waals surface area (Å²) in [7, 11) is 1.55. The van der Waals surface area contributed by atoms with Crippen LogP contribution in [-0.2, 0) is 14.3 Å². The summed E-state index contributed by atoms with van der Waals surface area (Å²) in [5, 5.41) is 18.2. The number of hydrogen-bond acceptors (Lipinski definition) is 7. The molecule has 33 heavy (non-hydrogen) atoms. The number of nitrogens with one attached hydrogen (secondary N) is 1. The van der Waals surface area contributed by atoms with Gasteiger partial charge in [0, 0.05) is 37.4 Å². The molecule has 2 aliphatic heterocycles. The molecular formula is C24H30N4O5. The first-order chi connectivity index (χ1) is 15.9. The fraction of sp³-hybridized carbons (Fsp3) is 0.458. The first-order valence-corrected chi connectivity index (χ1v) is 11.2. The van der Waals surface area contributed by atoms with Gasteiger partial charge in [-0.05, 0) is 26.3 Å². The number of likely N-dealkylation sites (tertiary alicyclic amines) is 1. The van der Waals surface area contributed by atoms with Crippen LogP contribution in [0, 0.1) is 13.8 Å². The normalized spacial score (nSPS) is 21.1. The Morgan fingerprint density at radius 3 is 2.61 bits per heavy atom. The molecule has 0 unspecified atom stereocenters. The molecule has 2 saturated heterocycles. The molecule has 4 rings (SSSR count). The van der Waals surface area contributed by atoms with E-state index < -0.39 is 17.7 Å². The molecule has 0 radical (unpaired) electrons. The van der Waals surface area contributed by atoms with Gasteiger partial charge in [0.2, 0.25) is 0 Å². The molecule has 0 bridgehead atoms. The number of H-pyrrole nitrogens is 1. The maximum atomic E-state index is 13.2. The van der Waals surface area contributed by atoms with Gasteiger partial charge in [0.05, 0.1) is 43.2 Å². The van der Waals surface area contributed by atoms with Crippen LogP contribution in [0.3, 0.4) is 0 Å². The first-order valence-electron chi connectivity index (χ1n) is 11.2. The third-order valence-corrected chi connectivity index (χ3v) is 6.32. The van der Waals surface area contributed by atoms with Crippen molar-refractivity contribution in [2.24, 2.45) is 0 Å². The highest BCUT2D eigenvalue weighted by Crippen LogP contribution is 2.43. The van der Waals surface area contributed by atoms with Crippen LogP contribution in [0.15, 0.2) is 29.8 Å². The minimum absolute atomic E-state index is 0.0588. The molecule has 9 heteroatoms. The van der Waals surface area contributed by atoms with E-state index in [1.54, 1.807) is 31.9 Å². The number of morpholine rings is 1. The smallest absolute Gasteiger partial charge is 0.295 e. The SMILES string of the molecule is COc1ccccc1[C@H]1/C(=C(\O)c2c(C)n[nH]c2C)C(=O)C(=O)N1CCCN1CCOCC1. The topological polar surface area (TPSA) is 108 Å². The van der Waals surface area contributed by atoms with Gasteiger partial charge < -0.3 is 19.5 Å². The Morgan fingerprint density at radius 2 is 1.94 bits per heavy atom. The van der Waals surface area contributed by atoms with Crippen molar-refractivity contribution >= 4 is 17.4 Å². The zero-order valence-corrected chi connectivity index (χ0v) is 19.3. The van der Waals surface area contributed by atoms with Crippen molar-refractivity contribution in [2.45, 2.75) is 26.3 Å². The fourth-order valence-corrected chi connectivity index (χ4v) is 4.65. The number of rotatable bonds is 7. The van der Waals surface area contributed by atoms with E-state index >= 15 is 0 Å². The molecule has 3 heterocycles. The summed E-state index contributed by atoms with van der Waals surface area (Å²) in [5.41, 5.74) is 2.35. The number of hydrogen-bond donors (Lipinski definition) is 2. The van der Waals surface area contributed by atoms with E-state index in [-0.39, 0.29) is 11.3 Å². The van der Waals surface area contributed by atoms with Crippen molar-refractivity contribution in [3.8, 4) is 5.75 Å². The average Bonchev–Trinajstić information content (AvgIpc) is 3.29.